The molecule has 0 aromatic heterocycles. The Morgan fingerprint density at radius 1 is 1.19 bits per heavy atom. The van der Waals surface area contributed by atoms with E-state index in [2.05, 4.69) is 5.32 Å². The first kappa shape index (κ1) is 16.3. The minimum atomic E-state index is -0.150. The van der Waals surface area contributed by atoms with Gasteiger partial charge in [-0.15, -0.1) is 11.8 Å². The van der Waals surface area contributed by atoms with Gasteiger partial charge in [0, 0.05) is 27.3 Å². The molecule has 2 rings (SSSR count). The van der Waals surface area contributed by atoms with Crippen molar-refractivity contribution in [3.63, 3.8) is 0 Å². The molecule has 4 heteroatoms. The SMILES string of the molecule is CCNC(CSc1ccc(Cl)cc1)c1cc(C)ccc1F. The smallest absolute Gasteiger partial charge is 0.128 e. The van der Waals surface area contributed by atoms with Crippen molar-refractivity contribution in [2.24, 2.45) is 0 Å². The van der Waals surface area contributed by atoms with Crippen LogP contribution in [0.25, 0.3) is 0 Å². The van der Waals surface area contributed by atoms with Crippen LogP contribution in [0.1, 0.15) is 24.1 Å². The molecule has 0 aliphatic carbocycles. The highest BCUT2D eigenvalue weighted by atomic mass is 35.5. The van der Waals surface area contributed by atoms with Gasteiger partial charge in [-0.1, -0.05) is 36.2 Å². The van der Waals surface area contributed by atoms with E-state index in [1.54, 1.807) is 23.9 Å². The van der Waals surface area contributed by atoms with Crippen LogP contribution in [0, 0.1) is 12.7 Å². The van der Waals surface area contributed by atoms with Crippen molar-refractivity contribution in [3.05, 3.63) is 64.4 Å². The van der Waals surface area contributed by atoms with Crippen LogP contribution in [0.5, 0.6) is 0 Å². The zero-order valence-corrected chi connectivity index (χ0v) is 13.8. The molecule has 1 nitrogen and oxygen atoms in total. The van der Waals surface area contributed by atoms with Gasteiger partial charge >= 0.3 is 0 Å². The molecule has 0 aliphatic heterocycles. The molecule has 0 saturated heterocycles. The molecule has 0 saturated carbocycles. The van der Waals surface area contributed by atoms with Gasteiger partial charge in [0.2, 0.25) is 0 Å². The van der Waals surface area contributed by atoms with Gasteiger partial charge in [0.05, 0.1) is 0 Å². The van der Waals surface area contributed by atoms with Gasteiger partial charge in [0.25, 0.3) is 0 Å². The molecule has 0 heterocycles. The van der Waals surface area contributed by atoms with Crippen LogP contribution < -0.4 is 5.32 Å². The van der Waals surface area contributed by atoms with Crippen LogP contribution in [0.15, 0.2) is 47.4 Å². The lowest BCUT2D eigenvalue weighted by atomic mass is 10.0. The maximum absolute atomic E-state index is 14.1. The Bertz CT molecular complexity index is 586. The van der Waals surface area contributed by atoms with E-state index < -0.39 is 0 Å². The summed E-state index contributed by atoms with van der Waals surface area (Å²) in [4.78, 5) is 1.13. The molecule has 0 fully saturated rings. The minimum Gasteiger partial charge on any atom is -0.309 e. The van der Waals surface area contributed by atoms with E-state index in [4.69, 9.17) is 11.6 Å². The lowest BCUT2D eigenvalue weighted by molar-refractivity contribution is 0.545. The zero-order valence-electron chi connectivity index (χ0n) is 12.2. The van der Waals surface area contributed by atoms with Crippen LogP contribution >= 0.6 is 23.4 Å². The third-order valence-electron chi connectivity index (χ3n) is 3.21. The number of hydrogen-bond donors (Lipinski definition) is 1. The first-order valence-electron chi connectivity index (χ1n) is 6.98. The molecule has 2 aromatic rings. The summed E-state index contributed by atoms with van der Waals surface area (Å²) < 4.78 is 14.1. The Balaban J connectivity index is 2.11. The summed E-state index contributed by atoms with van der Waals surface area (Å²) in [6, 6.07) is 13.0. The van der Waals surface area contributed by atoms with Crippen molar-refractivity contribution in [1.29, 1.82) is 0 Å². The third-order valence-corrected chi connectivity index (χ3v) is 4.57. The second kappa shape index (κ2) is 7.83. The van der Waals surface area contributed by atoms with Crippen LogP contribution in [0.4, 0.5) is 4.39 Å². The number of nitrogens with one attached hydrogen (secondary N) is 1. The predicted molar refractivity (Wildman–Crippen MR) is 89.7 cm³/mol. The highest BCUT2D eigenvalue weighted by Crippen LogP contribution is 2.27. The molecule has 0 bridgehead atoms. The Hall–Kier alpha value is -1.03. The van der Waals surface area contributed by atoms with Crippen LogP contribution in [-0.2, 0) is 0 Å². The number of hydrogen-bond acceptors (Lipinski definition) is 2. The second-order valence-electron chi connectivity index (χ2n) is 4.90. The molecule has 2 aromatic carbocycles. The molecule has 21 heavy (non-hydrogen) atoms. The average molecular weight is 324 g/mol. The maximum Gasteiger partial charge on any atom is 0.128 e. The number of rotatable bonds is 6. The molecule has 0 spiro atoms. The Labute approximate surface area is 134 Å². The Morgan fingerprint density at radius 3 is 2.57 bits per heavy atom. The van der Waals surface area contributed by atoms with Gasteiger partial charge in [-0.2, -0.15) is 0 Å². The second-order valence-corrected chi connectivity index (χ2v) is 6.43. The van der Waals surface area contributed by atoms with E-state index in [0.717, 1.165) is 33.3 Å². The molecular weight excluding hydrogens is 305 g/mol. The first-order chi connectivity index (χ1) is 10.1. The highest BCUT2D eigenvalue weighted by Gasteiger charge is 2.15. The lowest BCUT2D eigenvalue weighted by Crippen LogP contribution is -2.24. The van der Waals surface area contributed by atoms with Gasteiger partial charge in [0.1, 0.15) is 5.82 Å². The lowest BCUT2D eigenvalue weighted by Gasteiger charge is -2.19. The summed E-state index contributed by atoms with van der Waals surface area (Å²) in [6.45, 7) is 4.82. The Kier molecular flexibility index (Phi) is 6.09. The molecule has 1 unspecified atom stereocenters. The van der Waals surface area contributed by atoms with E-state index in [1.165, 1.54) is 0 Å². The quantitative estimate of drug-likeness (QED) is 0.730. The zero-order chi connectivity index (χ0) is 15.2. The summed E-state index contributed by atoms with van der Waals surface area (Å²) in [6.07, 6.45) is 0. The standard InChI is InChI=1S/C17H19ClFNS/c1-3-20-17(15-10-12(2)4-9-16(15)19)11-21-14-7-5-13(18)6-8-14/h4-10,17,20H,3,11H2,1-2H3. The fraction of sp³-hybridized carbons (Fsp3) is 0.294. The summed E-state index contributed by atoms with van der Waals surface area (Å²) in [7, 11) is 0. The molecular formula is C17H19ClFNS. The monoisotopic (exact) mass is 323 g/mol. The fourth-order valence-corrected chi connectivity index (χ4v) is 3.26. The Morgan fingerprint density at radius 2 is 1.90 bits per heavy atom. The van der Waals surface area contributed by atoms with E-state index in [0.29, 0.717) is 0 Å². The fourth-order valence-electron chi connectivity index (χ4n) is 2.15. The van der Waals surface area contributed by atoms with Crippen molar-refractivity contribution in [2.75, 3.05) is 12.3 Å². The number of aryl methyl sites for hydroxylation is 1. The summed E-state index contributed by atoms with van der Waals surface area (Å²) in [5.74, 6) is 0.624. The minimum absolute atomic E-state index is 0.00409. The van der Waals surface area contributed by atoms with E-state index >= 15 is 0 Å². The molecule has 0 radical (unpaired) electrons. The van der Waals surface area contributed by atoms with Gasteiger partial charge in [-0.05, 0) is 43.8 Å². The van der Waals surface area contributed by atoms with Crippen LogP contribution in [0.2, 0.25) is 5.02 Å². The van der Waals surface area contributed by atoms with Crippen LogP contribution in [0.3, 0.4) is 0 Å². The van der Waals surface area contributed by atoms with Crippen molar-refractivity contribution in [3.8, 4) is 0 Å². The number of benzene rings is 2. The molecule has 1 atom stereocenters. The van der Waals surface area contributed by atoms with Crippen molar-refractivity contribution >= 4 is 23.4 Å². The summed E-state index contributed by atoms with van der Waals surface area (Å²) in [5.41, 5.74) is 1.81. The summed E-state index contributed by atoms with van der Waals surface area (Å²) >= 11 is 7.59. The average Bonchev–Trinajstić information content (AvgIpc) is 2.48. The molecule has 112 valence electrons. The molecule has 0 aliphatic rings. The normalized spacial score (nSPS) is 12.4. The molecule has 0 amide bonds. The highest BCUT2D eigenvalue weighted by molar-refractivity contribution is 7.99. The third kappa shape index (κ3) is 4.73. The van der Waals surface area contributed by atoms with Crippen molar-refractivity contribution < 1.29 is 4.39 Å². The van der Waals surface area contributed by atoms with Crippen LogP contribution in [-0.4, -0.2) is 12.3 Å². The van der Waals surface area contributed by atoms with Gasteiger partial charge < -0.3 is 5.32 Å². The van der Waals surface area contributed by atoms with E-state index in [-0.39, 0.29) is 11.9 Å². The topological polar surface area (TPSA) is 12.0 Å². The first-order valence-corrected chi connectivity index (χ1v) is 8.34. The van der Waals surface area contributed by atoms with Gasteiger partial charge in [0.15, 0.2) is 0 Å². The van der Waals surface area contributed by atoms with Gasteiger partial charge in [-0.3, -0.25) is 0 Å². The predicted octanol–water partition coefficient (Wildman–Crippen LogP) is 5.23. The van der Waals surface area contributed by atoms with E-state index in [1.807, 2.05) is 44.2 Å². The maximum atomic E-state index is 14.1. The summed E-state index contributed by atoms with van der Waals surface area (Å²) in [5, 5.41) is 4.09. The molecule has 1 N–H and O–H groups in total. The largest absolute Gasteiger partial charge is 0.309 e. The van der Waals surface area contributed by atoms with Gasteiger partial charge in [-0.25, -0.2) is 4.39 Å². The van der Waals surface area contributed by atoms with E-state index in [9.17, 15) is 4.39 Å². The number of halogens is 2. The van der Waals surface area contributed by atoms with Crippen molar-refractivity contribution in [2.45, 2.75) is 24.8 Å². The number of thioether (sulfide) groups is 1. The van der Waals surface area contributed by atoms with Crippen molar-refractivity contribution in [1.82, 2.24) is 5.32 Å².